The predicted octanol–water partition coefficient (Wildman–Crippen LogP) is 3.21. The molecule has 0 saturated carbocycles. The van der Waals surface area contributed by atoms with Gasteiger partial charge in [-0.25, -0.2) is 0 Å². The van der Waals surface area contributed by atoms with Gasteiger partial charge in [-0.2, -0.15) is 5.26 Å². The fraction of sp³-hybridized carbons (Fsp3) is 0.533. The zero-order chi connectivity index (χ0) is 31.7. The zero-order valence-electron chi connectivity index (χ0n) is 25.2. The van der Waals surface area contributed by atoms with E-state index >= 15 is 0 Å². The van der Waals surface area contributed by atoms with Crippen molar-refractivity contribution < 1.29 is 42.5 Å². The van der Waals surface area contributed by atoms with Gasteiger partial charge in [0.1, 0.15) is 5.75 Å². The van der Waals surface area contributed by atoms with Crippen LogP contribution in [0.1, 0.15) is 32.1 Å². The van der Waals surface area contributed by atoms with Crippen molar-refractivity contribution in [3.63, 3.8) is 0 Å². The van der Waals surface area contributed by atoms with E-state index in [-0.39, 0.29) is 19.2 Å². The lowest BCUT2D eigenvalue weighted by molar-refractivity contribution is -0.799. The lowest BCUT2D eigenvalue weighted by atomic mass is 10.2. The van der Waals surface area contributed by atoms with Crippen molar-refractivity contribution in [1.82, 2.24) is 0 Å². The topological polar surface area (TPSA) is 151 Å². The fourth-order valence-electron chi connectivity index (χ4n) is 3.82. The molecule has 1 heterocycles. The van der Waals surface area contributed by atoms with Gasteiger partial charge in [0.05, 0.1) is 65.1 Å². The number of hydrogen-bond donors (Lipinski definition) is 1. The Kier molecular flexibility index (Phi) is 19.9. The van der Waals surface area contributed by atoms with Crippen molar-refractivity contribution in [2.24, 2.45) is 10.7 Å². The second-order valence-corrected chi connectivity index (χ2v) is 9.62. The van der Waals surface area contributed by atoms with E-state index in [4.69, 9.17) is 55.8 Å². The van der Waals surface area contributed by atoms with Gasteiger partial charge < -0.3 is 39.1 Å². The predicted molar refractivity (Wildman–Crippen MR) is 163 cm³/mol. The number of pyridine rings is 1. The van der Waals surface area contributed by atoms with Gasteiger partial charge >= 0.3 is 6.41 Å². The van der Waals surface area contributed by atoms with Gasteiger partial charge in [-0.05, 0) is 37.1 Å². The second kappa shape index (κ2) is 23.9. The van der Waals surface area contributed by atoms with Crippen molar-refractivity contribution in [3.05, 3.63) is 53.8 Å². The Morgan fingerprint density at radius 2 is 1.55 bits per heavy atom. The van der Waals surface area contributed by atoms with Crippen LogP contribution in [0.3, 0.4) is 0 Å². The minimum Gasteiger partial charge on any atom is -0.494 e. The van der Waals surface area contributed by atoms with E-state index < -0.39 is 6.41 Å². The molecule has 0 bridgehead atoms. The summed E-state index contributed by atoms with van der Waals surface area (Å²) in [6.45, 7) is 4.82. The third kappa shape index (κ3) is 15.8. The summed E-state index contributed by atoms with van der Waals surface area (Å²) in [4.78, 5) is 16.5. The minimum atomic E-state index is -0.987. The molecule has 242 valence electrons. The van der Waals surface area contributed by atoms with E-state index in [2.05, 4.69) is 4.99 Å². The molecule has 14 heteroatoms. The van der Waals surface area contributed by atoms with Gasteiger partial charge in [-0.1, -0.05) is 24.4 Å². The molecule has 0 aliphatic carbocycles. The average molecular weight is 637 g/mol. The SMILES string of the molecule is COCCOCCOCCOCCOC(OC=O)[n+]1ccc(N(CCCCCCOc2ccc(Cl)cc2)C(N)=NC#N)cc1. The van der Waals surface area contributed by atoms with Crippen LogP contribution in [0, 0.1) is 11.5 Å². The summed E-state index contributed by atoms with van der Waals surface area (Å²) in [7, 11) is 1.62. The number of aliphatic imine (C=N–C) groups is 1. The Balaban J connectivity index is 1.74. The summed E-state index contributed by atoms with van der Waals surface area (Å²) in [5.41, 5.74) is 6.81. The van der Waals surface area contributed by atoms with E-state index in [9.17, 15) is 4.79 Å². The highest BCUT2D eigenvalue weighted by Crippen LogP contribution is 2.17. The summed E-state index contributed by atoms with van der Waals surface area (Å²) >= 11 is 5.90. The summed E-state index contributed by atoms with van der Waals surface area (Å²) in [6.07, 6.45) is 7.76. The lowest BCUT2D eigenvalue weighted by Gasteiger charge is -2.22. The van der Waals surface area contributed by atoms with Gasteiger partial charge in [0.2, 0.25) is 12.2 Å². The maximum absolute atomic E-state index is 11.1. The number of nitrogens with zero attached hydrogens (tertiary/aromatic N) is 4. The molecule has 2 rings (SSSR count). The van der Waals surface area contributed by atoms with E-state index in [1.165, 1.54) is 0 Å². The number of unbranched alkanes of at least 4 members (excludes halogenated alkanes) is 3. The first kappa shape index (κ1) is 36.7. The molecule has 2 N–H and O–H groups in total. The number of aromatic nitrogens is 1. The molecule has 0 saturated heterocycles. The summed E-state index contributed by atoms with van der Waals surface area (Å²) in [6, 6.07) is 10.8. The number of carbonyl (C=O) groups excluding carboxylic acids is 1. The third-order valence-corrected chi connectivity index (χ3v) is 6.28. The number of halogens is 1. The highest BCUT2D eigenvalue weighted by molar-refractivity contribution is 6.30. The number of carbonyl (C=O) groups is 1. The Morgan fingerprint density at radius 1 is 0.932 bits per heavy atom. The fourth-order valence-corrected chi connectivity index (χ4v) is 3.95. The van der Waals surface area contributed by atoms with Gasteiger partial charge in [0.25, 0.3) is 6.47 Å². The number of guanidine groups is 1. The number of anilines is 1. The van der Waals surface area contributed by atoms with Crippen LogP contribution in [-0.2, 0) is 33.2 Å². The van der Waals surface area contributed by atoms with Crippen molar-refractivity contribution in [3.8, 4) is 11.9 Å². The van der Waals surface area contributed by atoms with Crippen LogP contribution >= 0.6 is 11.6 Å². The molecule has 0 spiro atoms. The quantitative estimate of drug-likeness (QED) is 0.0325. The molecule has 0 amide bonds. The molecule has 13 nitrogen and oxygen atoms in total. The number of hydrogen-bond acceptors (Lipinski definition) is 10. The first-order valence-electron chi connectivity index (χ1n) is 14.4. The molecular formula is C30H43ClN5O8+. The van der Waals surface area contributed by atoms with E-state index in [1.807, 2.05) is 12.1 Å². The van der Waals surface area contributed by atoms with E-state index in [1.54, 1.807) is 59.4 Å². The van der Waals surface area contributed by atoms with E-state index in [0.717, 1.165) is 37.1 Å². The Labute approximate surface area is 263 Å². The van der Waals surface area contributed by atoms with Crippen LogP contribution in [0.4, 0.5) is 5.69 Å². The van der Waals surface area contributed by atoms with Crippen LogP contribution in [0.15, 0.2) is 53.8 Å². The number of ether oxygens (including phenoxy) is 7. The number of methoxy groups -OCH3 is 1. The van der Waals surface area contributed by atoms with Crippen molar-refractivity contribution in [2.75, 3.05) is 78.0 Å². The molecule has 1 aromatic heterocycles. The van der Waals surface area contributed by atoms with Crippen LogP contribution in [0.5, 0.6) is 5.75 Å². The Morgan fingerprint density at radius 3 is 2.16 bits per heavy atom. The van der Waals surface area contributed by atoms with Crippen LogP contribution < -0.4 is 19.9 Å². The third-order valence-electron chi connectivity index (χ3n) is 6.03. The smallest absolute Gasteiger partial charge is 0.426 e. The molecule has 0 fully saturated rings. The van der Waals surface area contributed by atoms with Gasteiger partial charge in [0, 0.05) is 30.8 Å². The minimum absolute atomic E-state index is 0.0908. The number of rotatable bonds is 25. The van der Waals surface area contributed by atoms with Gasteiger partial charge in [-0.3, -0.25) is 9.53 Å². The van der Waals surface area contributed by atoms with Crippen LogP contribution in [0.25, 0.3) is 0 Å². The molecule has 1 unspecified atom stereocenters. The molecule has 1 aromatic carbocycles. The molecule has 1 atom stereocenters. The largest absolute Gasteiger partial charge is 0.494 e. The molecule has 0 radical (unpaired) electrons. The molecule has 0 aliphatic rings. The van der Waals surface area contributed by atoms with Gasteiger partial charge in [0.15, 0.2) is 12.4 Å². The van der Waals surface area contributed by atoms with E-state index in [0.29, 0.717) is 64.3 Å². The number of nitrogens with two attached hydrogens (primary N) is 1. The highest BCUT2D eigenvalue weighted by atomic mass is 35.5. The molecule has 0 aliphatic heterocycles. The summed E-state index contributed by atoms with van der Waals surface area (Å²) < 4.78 is 39.2. The highest BCUT2D eigenvalue weighted by Gasteiger charge is 2.21. The van der Waals surface area contributed by atoms with Crippen LogP contribution in [0.2, 0.25) is 5.02 Å². The standard InChI is InChI=1S/C30H43ClN5O8/c1-38-16-17-39-18-19-40-20-21-41-22-23-43-30(44-25-37)35-13-10-27(11-14-35)36(29(33)34-24-32)12-4-2-3-5-15-42-28-8-6-26(31)7-9-28/h6-11,13-14,25,30H,2-5,12,15-23H2,1H3,(H2,33,34)/q+1. The lowest BCUT2D eigenvalue weighted by Crippen LogP contribution is -2.43. The number of benzene rings is 1. The molecule has 44 heavy (non-hydrogen) atoms. The normalized spacial score (nSPS) is 12.0. The van der Waals surface area contributed by atoms with Crippen molar-refractivity contribution in [1.29, 1.82) is 5.26 Å². The average Bonchev–Trinajstić information content (AvgIpc) is 3.03. The first-order chi connectivity index (χ1) is 21.6. The van der Waals surface area contributed by atoms with Gasteiger partial charge in [-0.15, -0.1) is 9.56 Å². The summed E-state index contributed by atoms with van der Waals surface area (Å²) in [5, 5.41) is 9.71. The zero-order valence-corrected chi connectivity index (χ0v) is 25.9. The maximum atomic E-state index is 11.1. The molecule has 2 aromatic rings. The number of nitriles is 1. The maximum Gasteiger partial charge on any atom is 0.426 e. The van der Waals surface area contributed by atoms with Crippen molar-refractivity contribution >= 4 is 29.7 Å². The Hall–Kier alpha value is -3.51. The molecular weight excluding hydrogens is 594 g/mol. The monoisotopic (exact) mass is 636 g/mol. The van der Waals surface area contributed by atoms with Crippen molar-refractivity contribution in [2.45, 2.75) is 32.1 Å². The summed E-state index contributed by atoms with van der Waals surface area (Å²) in [5.74, 6) is 0.882. The first-order valence-corrected chi connectivity index (χ1v) is 14.8. The Bertz CT molecular complexity index is 1100. The second-order valence-electron chi connectivity index (χ2n) is 9.18. The van der Waals surface area contributed by atoms with Crippen LogP contribution in [-0.4, -0.2) is 85.5 Å².